The third kappa shape index (κ3) is 3.26. The average molecular weight is 294 g/mol. The zero-order valence-corrected chi connectivity index (χ0v) is 13.4. The highest BCUT2D eigenvalue weighted by Crippen LogP contribution is 2.37. The second kappa shape index (κ2) is 6.25. The number of nitrogens with zero attached hydrogens (tertiary/aromatic N) is 1. The van der Waals surface area contributed by atoms with Crippen LogP contribution in [0.3, 0.4) is 0 Å². The van der Waals surface area contributed by atoms with E-state index in [0.717, 1.165) is 32.4 Å². The summed E-state index contributed by atoms with van der Waals surface area (Å²) in [5.74, 6) is 2.50. The number of aliphatic hydroxyl groups is 1. The number of carbonyl (C=O) groups excluding carboxylic acids is 1. The molecule has 2 N–H and O–H groups in total. The molecule has 3 aliphatic rings. The molecular weight excluding hydrogens is 264 g/mol. The van der Waals surface area contributed by atoms with Gasteiger partial charge in [0.2, 0.25) is 5.91 Å². The van der Waals surface area contributed by atoms with E-state index in [1.807, 2.05) is 0 Å². The minimum atomic E-state index is -0.137. The number of hydrogen-bond acceptors (Lipinski definition) is 3. The molecule has 0 radical (unpaired) electrons. The molecule has 21 heavy (non-hydrogen) atoms. The molecule has 2 aliphatic carbocycles. The van der Waals surface area contributed by atoms with Crippen LogP contribution in [0.1, 0.15) is 46.0 Å². The Bertz CT molecular complexity index is 387. The average Bonchev–Trinajstić information content (AvgIpc) is 2.97. The van der Waals surface area contributed by atoms with E-state index in [0.29, 0.717) is 36.3 Å². The van der Waals surface area contributed by atoms with Gasteiger partial charge in [0.1, 0.15) is 0 Å². The first kappa shape index (κ1) is 15.3. The van der Waals surface area contributed by atoms with Gasteiger partial charge in [-0.3, -0.25) is 9.69 Å². The predicted molar refractivity (Wildman–Crippen MR) is 82.8 cm³/mol. The van der Waals surface area contributed by atoms with Gasteiger partial charge in [0.15, 0.2) is 0 Å². The van der Waals surface area contributed by atoms with Crippen LogP contribution in [0.25, 0.3) is 0 Å². The number of likely N-dealkylation sites (tertiary alicyclic amines) is 1. The van der Waals surface area contributed by atoms with E-state index in [1.165, 1.54) is 12.8 Å². The number of amides is 1. The van der Waals surface area contributed by atoms with Crippen molar-refractivity contribution in [3.63, 3.8) is 0 Å². The Kier molecular flexibility index (Phi) is 4.55. The highest BCUT2D eigenvalue weighted by Gasteiger charge is 2.42. The van der Waals surface area contributed by atoms with Gasteiger partial charge < -0.3 is 10.4 Å². The fourth-order valence-electron chi connectivity index (χ4n) is 4.70. The van der Waals surface area contributed by atoms with Gasteiger partial charge in [-0.15, -0.1) is 0 Å². The van der Waals surface area contributed by atoms with Crippen molar-refractivity contribution in [3.05, 3.63) is 0 Å². The molecule has 6 atom stereocenters. The van der Waals surface area contributed by atoms with E-state index in [4.69, 9.17) is 0 Å². The highest BCUT2D eigenvalue weighted by molar-refractivity contribution is 5.78. The fourth-order valence-corrected chi connectivity index (χ4v) is 4.70. The van der Waals surface area contributed by atoms with Crippen molar-refractivity contribution in [2.75, 3.05) is 19.6 Å². The highest BCUT2D eigenvalue weighted by atomic mass is 16.3. The van der Waals surface area contributed by atoms with Crippen molar-refractivity contribution in [3.8, 4) is 0 Å². The first-order chi connectivity index (χ1) is 10.0. The molecule has 1 heterocycles. The van der Waals surface area contributed by atoms with Crippen LogP contribution in [0.5, 0.6) is 0 Å². The molecule has 0 spiro atoms. The van der Waals surface area contributed by atoms with E-state index in [1.54, 1.807) is 0 Å². The minimum Gasteiger partial charge on any atom is -0.393 e. The standard InChI is InChI=1S/C17H30N2O2/c1-11-4-3-5-15(12(11)2)18-17(21)10-19-8-13-6-7-16(20)14(13)9-19/h11-16,20H,3-10H2,1-2H3,(H,18,21). The van der Waals surface area contributed by atoms with Gasteiger partial charge >= 0.3 is 0 Å². The molecule has 6 unspecified atom stereocenters. The Morgan fingerprint density at radius 2 is 2.00 bits per heavy atom. The normalized spacial score (nSPS) is 43.8. The molecule has 3 fully saturated rings. The number of rotatable bonds is 3. The number of nitrogens with one attached hydrogen (secondary N) is 1. The van der Waals surface area contributed by atoms with Gasteiger partial charge in [-0.2, -0.15) is 0 Å². The lowest BCUT2D eigenvalue weighted by atomic mass is 9.78. The summed E-state index contributed by atoms with van der Waals surface area (Å²) in [4.78, 5) is 14.5. The molecule has 1 aliphatic heterocycles. The Balaban J connectivity index is 1.47. The van der Waals surface area contributed by atoms with Gasteiger partial charge in [0.05, 0.1) is 12.6 Å². The van der Waals surface area contributed by atoms with Crippen LogP contribution in [0.2, 0.25) is 0 Å². The van der Waals surface area contributed by atoms with E-state index >= 15 is 0 Å². The third-order valence-electron chi connectivity index (χ3n) is 6.32. The summed E-state index contributed by atoms with van der Waals surface area (Å²) in [6, 6.07) is 0.356. The molecule has 0 aromatic heterocycles. The Morgan fingerprint density at radius 3 is 2.76 bits per heavy atom. The van der Waals surface area contributed by atoms with Crippen molar-refractivity contribution < 1.29 is 9.90 Å². The monoisotopic (exact) mass is 294 g/mol. The summed E-state index contributed by atoms with van der Waals surface area (Å²) in [6.45, 7) is 6.97. The topological polar surface area (TPSA) is 52.6 Å². The van der Waals surface area contributed by atoms with Crippen molar-refractivity contribution in [1.29, 1.82) is 0 Å². The molecule has 120 valence electrons. The molecule has 3 rings (SSSR count). The van der Waals surface area contributed by atoms with Gasteiger partial charge in [-0.1, -0.05) is 26.7 Å². The number of fused-ring (bicyclic) bond motifs is 1. The lowest BCUT2D eigenvalue weighted by Crippen LogP contribution is -2.47. The molecular formula is C17H30N2O2. The summed E-state index contributed by atoms with van der Waals surface area (Å²) in [7, 11) is 0. The number of carbonyl (C=O) groups is 1. The van der Waals surface area contributed by atoms with Crippen molar-refractivity contribution >= 4 is 5.91 Å². The molecule has 0 aromatic rings. The second-order valence-electron chi connectivity index (χ2n) is 7.70. The molecule has 0 aromatic carbocycles. The van der Waals surface area contributed by atoms with E-state index < -0.39 is 0 Å². The maximum Gasteiger partial charge on any atom is 0.234 e. The fraction of sp³-hybridized carbons (Fsp3) is 0.941. The van der Waals surface area contributed by atoms with Crippen LogP contribution >= 0.6 is 0 Å². The maximum atomic E-state index is 12.3. The van der Waals surface area contributed by atoms with Gasteiger partial charge in [0.25, 0.3) is 0 Å². The smallest absolute Gasteiger partial charge is 0.234 e. The summed E-state index contributed by atoms with van der Waals surface area (Å²) < 4.78 is 0. The SMILES string of the molecule is CC1CCCC(NC(=O)CN2CC3CCC(O)C3C2)C1C. The minimum absolute atomic E-state index is 0.137. The maximum absolute atomic E-state index is 12.3. The zero-order valence-electron chi connectivity index (χ0n) is 13.4. The molecule has 1 saturated heterocycles. The second-order valence-corrected chi connectivity index (χ2v) is 7.70. The Morgan fingerprint density at radius 1 is 1.19 bits per heavy atom. The van der Waals surface area contributed by atoms with Crippen LogP contribution in [0.15, 0.2) is 0 Å². The lowest BCUT2D eigenvalue weighted by Gasteiger charge is -2.35. The summed E-state index contributed by atoms with van der Waals surface area (Å²) >= 11 is 0. The van der Waals surface area contributed by atoms with Crippen LogP contribution in [0, 0.1) is 23.7 Å². The first-order valence-corrected chi connectivity index (χ1v) is 8.74. The van der Waals surface area contributed by atoms with Crippen molar-refractivity contribution in [1.82, 2.24) is 10.2 Å². The lowest BCUT2D eigenvalue weighted by molar-refractivity contribution is -0.123. The zero-order chi connectivity index (χ0) is 15.0. The molecule has 4 nitrogen and oxygen atoms in total. The first-order valence-electron chi connectivity index (χ1n) is 8.74. The quantitative estimate of drug-likeness (QED) is 0.832. The van der Waals surface area contributed by atoms with Crippen LogP contribution in [-0.2, 0) is 4.79 Å². The van der Waals surface area contributed by atoms with Gasteiger partial charge in [-0.25, -0.2) is 0 Å². The number of aliphatic hydroxyl groups excluding tert-OH is 1. The molecule has 1 amide bonds. The molecule has 4 heteroatoms. The summed E-state index contributed by atoms with van der Waals surface area (Å²) in [6.07, 6.45) is 5.59. The van der Waals surface area contributed by atoms with Crippen LogP contribution in [0.4, 0.5) is 0 Å². The predicted octanol–water partition coefficient (Wildman–Crippen LogP) is 1.63. The number of hydrogen-bond donors (Lipinski definition) is 2. The van der Waals surface area contributed by atoms with Crippen molar-refractivity contribution in [2.24, 2.45) is 23.7 Å². The summed E-state index contributed by atoms with van der Waals surface area (Å²) in [5.41, 5.74) is 0. The Labute approximate surface area is 128 Å². The van der Waals surface area contributed by atoms with Gasteiger partial charge in [0, 0.05) is 25.0 Å². The Hall–Kier alpha value is -0.610. The largest absolute Gasteiger partial charge is 0.393 e. The van der Waals surface area contributed by atoms with Crippen molar-refractivity contribution in [2.45, 2.75) is 58.1 Å². The summed E-state index contributed by atoms with van der Waals surface area (Å²) in [5, 5.41) is 13.2. The van der Waals surface area contributed by atoms with E-state index in [-0.39, 0.29) is 12.0 Å². The van der Waals surface area contributed by atoms with Crippen LogP contribution in [-0.4, -0.2) is 47.7 Å². The molecule has 0 bridgehead atoms. The van der Waals surface area contributed by atoms with Gasteiger partial charge in [-0.05, 0) is 37.0 Å². The van der Waals surface area contributed by atoms with Crippen LogP contribution < -0.4 is 5.32 Å². The molecule has 2 saturated carbocycles. The third-order valence-corrected chi connectivity index (χ3v) is 6.32. The van der Waals surface area contributed by atoms with E-state index in [2.05, 4.69) is 24.1 Å². The van der Waals surface area contributed by atoms with E-state index in [9.17, 15) is 9.90 Å².